The molecule has 0 unspecified atom stereocenters. The van der Waals surface area contributed by atoms with Crippen LogP contribution in [0.3, 0.4) is 0 Å². The molecule has 4 nitrogen and oxygen atoms in total. The number of esters is 1. The van der Waals surface area contributed by atoms with E-state index in [-0.39, 0.29) is 12.4 Å². The van der Waals surface area contributed by atoms with Gasteiger partial charge in [-0.3, -0.25) is 4.79 Å². The Labute approximate surface area is 142 Å². The number of para-hydroxylation sites is 1. The van der Waals surface area contributed by atoms with Crippen molar-refractivity contribution in [1.29, 1.82) is 0 Å². The molecule has 0 aliphatic heterocycles. The van der Waals surface area contributed by atoms with E-state index in [9.17, 15) is 4.79 Å². The number of nitrogens with zero attached hydrogens (tertiary/aromatic N) is 1. The summed E-state index contributed by atoms with van der Waals surface area (Å²) in [6.07, 6.45) is 6.46. The highest BCUT2D eigenvalue weighted by molar-refractivity contribution is 5.86. The Kier molecular flexibility index (Phi) is 4.94. The molecule has 24 heavy (non-hydrogen) atoms. The van der Waals surface area contributed by atoms with E-state index in [4.69, 9.17) is 4.74 Å². The molecule has 0 atom stereocenters. The van der Waals surface area contributed by atoms with Gasteiger partial charge in [-0.25, -0.2) is 4.57 Å². The molecule has 0 amide bonds. The highest BCUT2D eigenvalue weighted by Crippen LogP contribution is 2.23. The fourth-order valence-electron chi connectivity index (χ4n) is 3.07. The first kappa shape index (κ1) is 16.2. The van der Waals surface area contributed by atoms with E-state index in [0.29, 0.717) is 0 Å². The van der Waals surface area contributed by atoms with E-state index >= 15 is 0 Å². The van der Waals surface area contributed by atoms with Gasteiger partial charge in [-0.05, 0) is 24.1 Å². The van der Waals surface area contributed by atoms with Gasteiger partial charge in [0.2, 0.25) is 0 Å². The van der Waals surface area contributed by atoms with Crippen molar-refractivity contribution in [2.45, 2.75) is 32.7 Å². The molecule has 0 saturated heterocycles. The molecule has 3 aromatic rings. The Morgan fingerprint density at radius 1 is 1.21 bits per heavy atom. The quantitative estimate of drug-likeness (QED) is 0.560. The highest BCUT2D eigenvalue weighted by atomic mass is 16.5. The molecule has 0 spiro atoms. The van der Waals surface area contributed by atoms with Crippen LogP contribution in [0.1, 0.15) is 23.7 Å². The Morgan fingerprint density at radius 2 is 2.04 bits per heavy atom. The lowest BCUT2D eigenvalue weighted by Gasteiger charge is -2.03. The van der Waals surface area contributed by atoms with E-state index in [2.05, 4.69) is 47.1 Å². The smallest absolute Gasteiger partial charge is 0.311 e. The minimum Gasteiger partial charge on any atom is -0.469 e. The zero-order valence-corrected chi connectivity index (χ0v) is 14.2. The lowest BCUT2D eigenvalue weighted by Crippen LogP contribution is -2.34. The maximum Gasteiger partial charge on any atom is 0.311 e. The predicted molar refractivity (Wildman–Crippen MR) is 93.7 cm³/mol. The summed E-state index contributed by atoms with van der Waals surface area (Å²) in [4.78, 5) is 15.1. The molecular formula is C20H23N2O2+. The lowest BCUT2D eigenvalue weighted by molar-refractivity contribution is -0.696. The second kappa shape index (κ2) is 7.30. The van der Waals surface area contributed by atoms with Crippen molar-refractivity contribution < 1.29 is 14.1 Å². The summed E-state index contributed by atoms with van der Waals surface area (Å²) in [7, 11) is 1.43. The molecule has 0 radical (unpaired) electrons. The third-order valence-electron chi connectivity index (χ3n) is 4.40. The molecule has 0 saturated carbocycles. The first-order valence-electron chi connectivity index (χ1n) is 8.34. The number of hydrogen-bond acceptors (Lipinski definition) is 2. The van der Waals surface area contributed by atoms with Crippen LogP contribution in [0.25, 0.3) is 10.9 Å². The van der Waals surface area contributed by atoms with E-state index in [1.807, 2.05) is 18.2 Å². The molecule has 4 heteroatoms. The fourth-order valence-corrected chi connectivity index (χ4v) is 3.07. The number of carbonyl (C=O) groups excluding carboxylic acids is 1. The maximum absolute atomic E-state index is 11.7. The van der Waals surface area contributed by atoms with Gasteiger partial charge in [-0.2, -0.15) is 0 Å². The van der Waals surface area contributed by atoms with E-state index in [1.54, 1.807) is 0 Å². The summed E-state index contributed by atoms with van der Waals surface area (Å²) >= 11 is 0. The summed E-state index contributed by atoms with van der Waals surface area (Å²) in [5, 5.41) is 1.18. The van der Waals surface area contributed by atoms with Gasteiger partial charge in [0, 0.05) is 34.6 Å². The van der Waals surface area contributed by atoms with Gasteiger partial charge in [0.25, 0.3) is 0 Å². The highest BCUT2D eigenvalue weighted by Gasteiger charge is 2.16. The number of aromatic nitrogens is 2. The standard InChI is InChI=1S/C20H23N2O2/c1-3-15-7-6-11-22(14-15)12-10-17-16-8-4-5-9-18(16)21-19(17)13-20(23)24-2/h4-9,11,14,21H,3,10,12-13H2,1-2H3/q+1. The van der Waals surface area contributed by atoms with Gasteiger partial charge < -0.3 is 9.72 Å². The fraction of sp³-hybridized carbons (Fsp3) is 0.300. The van der Waals surface area contributed by atoms with Crippen molar-refractivity contribution in [3.05, 3.63) is 65.6 Å². The first-order chi connectivity index (χ1) is 11.7. The van der Waals surface area contributed by atoms with Gasteiger partial charge in [0.05, 0.1) is 13.5 Å². The largest absolute Gasteiger partial charge is 0.469 e. The molecule has 0 aliphatic rings. The zero-order valence-electron chi connectivity index (χ0n) is 14.2. The summed E-state index contributed by atoms with van der Waals surface area (Å²) in [6.45, 7) is 3.04. The number of rotatable bonds is 6. The molecule has 0 fully saturated rings. The molecule has 2 aromatic heterocycles. The first-order valence-corrected chi connectivity index (χ1v) is 8.34. The number of aromatic amines is 1. The second-order valence-electron chi connectivity index (χ2n) is 5.93. The molecule has 0 aliphatic carbocycles. The number of methoxy groups -OCH3 is 1. The van der Waals surface area contributed by atoms with Crippen molar-refractivity contribution in [3.63, 3.8) is 0 Å². The van der Waals surface area contributed by atoms with Crippen LogP contribution in [0.4, 0.5) is 0 Å². The Hall–Kier alpha value is -2.62. The summed E-state index contributed by atoms with van der Waals surface area (Å²) in [5.74, 6) is -0.219. The molecule has 3 rings (SSSR count). The topological polar surface area (TPSA) is 46.0 Å². The Balaban J connectivity index is 1.88. The number of ether oxygens (including phenoxy) is 1. The predicted octanol–water partition coefficient (Wildman–Crippen LogP) is 2.98. The summed E-state index contributed by atoms with van der Waals surface area (Å²) in [5.41, 5.74) is 4.55. The Morgan fingerprint density at radius 3 is 2.83 bits per heavy atom. The molecule has 1 N–H and O–H groups in total. The molecule has 0 bridgehead atoms. The summed E-state index contributed by atoms with van der Waals surface area (Å²) < 4.78 is 7.04. The van der Waals surface area contributed by atoms with Crippen LogP contribution in [0.2, 0.25) is 0 Å². The van der Waals surface area contributed by atoms with Gasteiger partial charge in [0.1, 0.15) is 0 Å². The van der Waals surface area contributed by atoms with Crippen molar-refractivity contribution >= 4 is 16.9 Å². The number of H-pyrrole nitrogens is 1. The molecular weight excluding hydrogens is 300 g/mol. The molecule has 124 valence electrons. The number of fused-ring (bicyclic) bond motifs is 1. The molecule has 1 aromatic carbocycles. The van der Waals surface area contributed by atoms with Gasteiger partial charge in [-0.1, -0.05) is 25.1 Å². The van der Waals surface area contributed by atoms with Crippen LogP contribution in [0.5, 0.6) is 0 Å². The van der Waals surface area contributed by atoms with E-state index in [0.717, 1.165) is 30.6 Å². The summed E-state index contributed by atoms with van der Waals surface area (Å²) in [6, 6.07) is 12.4. The van der Waals surface area contributed by atoms with Crippen molar-refractivity contribution in [2.24, 2.45) is 0 Å². The number of nitrogens with one attached hydrogen (secondary N) is 1. The average molecular weight is 323 g/mol. The maximum atomic E-state index is 11.7. The SMILES string of the molecule is CCc1ccc[n+](CCc2c(CC(=O)OC)[nH]c3ccccc23)c1. The van der Waals surface area contributed by atoms with Crippen molar-refractivity contribution in [1.82, 2.24) is 4.98 Å². The zero-order chi connectivity index (χ0) is 16.9. The van der Waals surface area contributed by atoms with Gasteiger partial charge in [-0.15, -0.1) is 0 Å². The van der Waals surface area contributed by atoms with Crippen LogP contribution in [-0.2, 0) is 35.3 Å². The number of aryl methyl sites for hydroxylation is 3. The minimum absolute atomic E-state index is 0.219. The number of pyridine rings is 1. The third-order valence-corrected chi connectivity index (χ3v) is 4.40. The van der Waals surface area contributed by atoms with Crippen LogP contribution in [0, 0.1) is 0 Å². The average Bonchev–Trinajstić information content (AvgIpc) is 2.97. The van der Waals surface area contributed by atoms with Crippen molar-refractivity contribution in [2.75, 3.05) is 7.11 Å². The van der Waals surface area contributed by atoms with Crippen LogP contribution < -0.4 is 4.57 Å². The number of hydrogen-bond donors (Lipinski definition) is 1. The number of benzene rings is 1. The van der Waals surface area contributed by atoms with E-state index < -0.39 is 0 Å². The van der Waals surface area contributed by atoms with Crippen LogP contribution >= 0.6 is 0 Å². The lowest BCUT2D eigenvalue weighted by atomic mass is 10.1. The molecule has 2 heterocycles. The third kappa shape index (κ3) is 3.48. The number of carbonyl (C=O) groups is 1. The van der Waals surface area contributed by atoms with Crippen LogP contribution in [0.15, 0.2) is 48.8 Å². The van der Waals surface area contributed by atoms with Gasteiger partial charge in [0.15, 0.2) is 18.9 Å². The second-order valence-corrected chi connectivity index (χ2v) is 5.93. The van der Waals surface area contributed by atoms with E-state index in [1.165, 1.54) is 23.6 Å². The van der Waals surface area contributed by atoms with Crippen LogP contribution in [-0.4, -0.2) is 18.1 Å². The minimum atomic E-state index is -0.219. The Bertz CT molecular complexity index is 852. The normalized spacial score (nSPS) is 10.9. The monoisotopic (exact) mass is 323 g/mol. The van der Waals surface area contributed by atoms with Gasteiger partial charge >= 0.3 is 5.97 Å². The van der Waals surface area contributed by atoms with Crippen molar-refractivity contribution in [3.8, 4) is 0 Å².